The van der Waals surface area contributed by atoms with Crippen LogP contribution in [0.1, 0.15) is 48.0 Å². The van der Waals surface area contributed by atoms with Crippen molar-refractivity contribution in [2.75, 3.05) is 0 Å². The molecule has 0 aliphatic rings. The fourth-order valence-corrected chi connectivity index (χ4v) is 0.676. The fourth-order valence-electron chi connectivity index (χ4n) is 0.676. The van der Waals surface area contributed by atoms with Crippen LogP contribution in [0.3, 0.4) is 0 Å². The number of carbonyl (C=O) groups is 2. The van der Waals surface area contributed by atoms with E-state index in [1.54, 1.807) is 0 Å². The molecular formula is C11H20NaO2. The van der Waals surface area contributed by atoms with Gasteiger partial charge in [-0.3, -0.25) is 9.59 Å². The Morgan fingerprint density at radius 1 is 0.786 bits per heavy atom. The third-order valence-corrected chi connectivity index (χ3v) is 1.99. The van der Waals surface area contributed by atoms with Crippen molar-refractivity contribution in [2.45, 2.75) is 48.0 Å². The Morgan fingerprint density at radius 2 is 1.00 bits per heavy atom. The Morgan fingerprint density at radius 3 is 1.14 bits per heavy atom. The second kappa shape index (κ2) is 5.43. The van der Waals surface area contributed by atoms with E-state index >= 15 is 0 Å². The van der Waals surface area contributed by atoms with Crippen LogP contribution in [0.5, 0.6) is 0 Å². The molecule has 0 bridgehead atoms. The van der Waals surface area contributed by atoms with E-state index in [9.17, 15) is 9.59 Å². The molecule has 0 spiro atoms. The van der Waals surface area contributed by atoms with Crippen molar-refractivity contribution in [3.05, 3.63) is 0 Å². The van der Waals surface area contributed by atoms with Gasteiger partial charge >= 0.3 is 0 Å². The summed E-state index contributed by atoms with van der Waals surface area (Å²) in [6.45, 7) is 11.0. The van der Waals surface area contributed by atoms with Crippen LogP contribution in [0.2, 0.25) is 0 Å². The molecule has 0 heterocycles. The standard InChI is InChI=1S/C11H20O2.Na/c1-10(2,3)8(12)7-9(13)11(4,5)6;/h7H2,1-6H3;. The van der Waals surface area contributed by atoms with E-state index in [-0.39, 0.29) is 47.5 Å². The maximum absolute atomic E-state index is 11.5. The second-order valence-corrected chi connectivity index (χ2v) is 5.52. The molecule has 0 aliphatic carbocycles. The maximum atomic E-state index is 11.5. The minimum absolute atomic E-state index is 0. The summed E-state index contributed by atoms with van der Waals surface area (Å²) in [6, 6.07) is 0. The van der Waals surface area contributed by atoms with Crippen LogP contribution in [0.15, 0.2) is 0 Å². The van der Waals surface area contributed by atoms with Crippen LogP contribution in [0.4, 0.5) is 0 Å². The van der Waals surface area contributed by atoms with Gasteiger partial charge in [-0.2, -0.15) is 0 Å². The first-order valence-corrected chi connectivity index (χ1v) is 4.62. The van der Waals surface area contributed by atoms with Crippen LogP contribution in [0, 0.1) is 10.8 Å². The van der Waals surface area contributed by atoms with Crippen molar-refractivity contribution >= 4 is 41.1 Å². The number of hydrogen-bond donors (Lipinski definition) is 0. The van der Waals surface area contributed by atoms with Gasteiger partial charge in [-0.05, 0) is 0 Å². The van der Waals surface area contributed by atoms with E-state index in [0.29, 0.717) is 0 Å². The van der Waals surface area contributed by atoms with Crippen LogP contribution >= 0.6 is 0 Å². The van der Waals surface area contributed by atoms with Crippen molar-refractivity contribution in [2.24, 2.45) is 10.8 Å². The zero-order valence-corrected chi connectivity index (χ0v) is 12.5. The van der Waals surface area contributed by atoms with Gasteiger partial charge in [0, 0.05) is 40.4 Å². The largest absolute Gasteiger partial charge is 0.299 e. The van der Waals surface area contributed by atoms with Gasteiger partial charge in [0.25, 0.3) is 0 Å². The quantitative estimate of drug-likeness (QED) is 0.514. The average molecular weight is 207 g/mol. The van der Waals surface area contributed by atoms with E-state index in [0.717, 1.165) is 0 Å². The van der Waals surface area contributed by atoms with Crippen molar-refractivity contribution in [1.29, 1.82) is 0 Å². The van der Waals surface area contributed by atoms with Gasteiger partial charge in [0.05, 0.1) is 6.42 Å². The molecule has 0 amide bonds. The molecule has 14 heavy (non-hydrogen) atoms. The van der Waals surface area contributed by atoms with Gasteiger partial charge in [-0.15, -0.1) is 0 Å². The van der Waals surface area contributed by atoms with E-state index in [4.69, 9.17) is 0 Å². The molecule has 2 nitrogen and oxygen atoms in total. The molecule has 0 rings (SSSR count). The Hall–Kier alpha value is 0.340. The van der Waals surface area contributed by atoms with Gasteiger partial charge < -0.3 is 0 Å². The molecule has 0 fully saturated rings. The van der Waals surface area contributed by atoms with Gasteiger partial charge in [0.2, 0.25) is 0 Å². The number of rotatable bonds is 2. The molecule has 0 aromatic heterocycles. The molecular weight excluding hydrogens is 187 g/mol. The van der Waals surface area contributed by atoms with E-state index in [1.807, 2.05) is 41.5 Å². The van der Waals surface area contributed by atoms with Gasteiger partial charge in [0.15, 0.2) is 0 Å². The first-order valence-electron chi connectivity index (χ1n) is 4.62. The van der Waals surface area contributed by atoms with Gasteiger partial charge in [0.1, 0.15) is 11.6 Å². The molecule has 0 aromatic carbocycles. The van der Waals surface area contributed by atoms with E-state index < -0.39 is 10.8 Å². The summed E-state index contributed by atoms with van der Waals surface area (Å²) >= 11 is 0. The average Bonchev–Trinajstić information content (AvgIpc) is 1.82. The maximum Gasteiger partial charge on any atom is 0.145 e. The summed E-state index contributed by atoms with van der Waals surface area (Å²) in [5.74, 6) is 0.0415. The minimum Gasteiger partial charge on any atom is -0.299 e. The predicted molar refractivity (Wildman–Crippen MR) is 59.3 cm³/mol. The summed E-state index contributed by atoms with van der Waals surface area (Å²) < 4.78 is 0. The normalized spacial score (nSPS) is 11.9. The molecule has 1 radical (unpaired) electrons. The number of carbonyl (C=O) groups excluding carboxylic acids is 2. The summed E-state index contributed by atoms with van der Waals surface area (Å²) in [4.78, 5) is 23.0. The molecule has 0 atom stereocenters. The second-order valence-electron chi connectivity index (χ2n) is 5.52. The van der Waals surface area contributed by atoms with E-state index in [2.05, 4.69) is 0 Å². The fraction of sp³-hybridized carbons (Fsp3) is 0.818. The van der Waals surface area contributed by atoms with Gasteiger partial charge in [-0.25, -0.2) is 0 Å². The Bertz CT molecular complexity index is 194. The monoisotopic (exact) mass is 207 g/mol. The van der Waals surface area contributed by atoms with Crippen LogP contribution < -0.4 is 0 Å². The van der Waals surface area contributed by atoms with Gasteiger partial charge in [-0.1, -0.05) is 41.5 Å². The van der Waals surface area contributed by atoms with Crippen LogP contribution in [-0.2, 0) is 9.59 Å². The molecule has 0 saturated heterocycles. The Balaban J connectivity index is 0. The third kappa shape index (κ3) is 5.94. The summed E-state index contributed by atoms with van der Waals surface area (Å²) in [5.41, 5.74) is -0.804. The number of Topliss-reactive ketones (excluding diaryl/α,β-unsaturated/α-hetero) is 2. The topological polar surface area (TPSA) is 34.1 Å². The molecule has 77 valence electrons. The third-order valence-electron chi connectivity index (χ3n) is 1.99. The van der Waals surface area contributed by atoms with Crippen molar-refractivity contribution in [3.63, 3.8) is 0 Å². The molecule has 0 aromatic rings. The zero-order chi connectivity index (χ0) is 10.9. The summed E-state index contributed by atoms with van der Waals surface area (Å²) in [7, 11) is 0. The summed E-state index contributed by atoms with van der Waals surface area (Å²) in [5, 5.41) is 0. The number of ketones is 2. The van der Waals surface area contributed by atoms with Crippen LogP contribution in [0.25, 0.3) is 0 Å². The molecule has 0 N–H and O–H groups in total. The van der Waals surface area contributed by atoms with Crippen molar-refractivity contribution in [1.82, 2.24) is 0 Å². The Labute approximate surface area is 109 Å². The smallest absolute Gasteiger partial charge is 0.145 e. The zero-order valence-electron chi connectivity index (χ0n) is 10.5. The molecule has 0 saturated carbocycles. The first-order chi connectivity index (χ1) is 5.55. The first kappa shape index (κ1) is 16.8. The van der Waals surface area contributed by atoms with Crippen LogP contribution in [-0.4, -0.2) is 41.1 Å². The number of hydrogen-bond acceptors (Lipinski definition) is 2. The summed E-state index contributed by atoms with van der Waals surface area (Å²) in [6.07, 6.45) is 0.0625. The SMILES string of the molecule is CC(C)(C)C(=O)CC(=O)C(C)(C)C.[Na]. The predicted octanol–water partition coefficient (Wildman–Crippen LogP) is 2.23. The molecule has 3 heteroatoms. The molecule has 0 aliphatic heterocycles. The van der Waals surface area contributed by atoms with Crippen molar-refractivity contribution < 1.29 is 9.59 Å². The van der Waals surface area contributed by atoms with Crippen molar-refractivity contribution in [3.8, 4) is 0 Å². The van der Waals surface area contributed by atoms with E-state index in [1.165, 1.54) is 0 Å². The Kier molecular flexibility index (Phi) is 6.50. The minimum atomic E-state index is -0.402. The molecule has 0 unspecified atom stereocenters.